The van der Waals surface area contributed by atoms with E-state index >= 15 is 0 Å². The van der Waals surface area contributed by atoms with Crippen LogP contribution in [0.2, 0.25) is 5.02 Å². The van der Waals surface area contributed by atoms with E-state index < -0.39 is 0 Å². The molecule has 1 N–H and O–H groups in total. The first kappa shape index (κ1) is 21.1. The van der Waals surface area contributed by atoms with Crippen LogP contribution < -0.4 is 19.7 Å². The van der Waals surface area contributed by atoms with Crippen LogP contribution in [0.15, 0.2) is 42.5 Å². The van der Waals surface area contributed by atoms with Crippen LogP contribution in [0.1, 0.15) is 27.7 Å². The van der Waals surface area contributed by atoms with E-state index in [0.717, 1.165) is 5.69 Å². The van der Waals surface area contributed by atoms with Gasteiger partial charge in [-0.3, -0.25) is 14.9 Å². The van der Waals surface area contributed by atoms with Crippen molar-refractivity contribution in [1.82, 2.24) is 10.2 Å². The van der Waals surface area contributed by atoms with Gasteiger partial charge in [-0.05, 0) is 36.4 Å². The normalized spacial score (nSPS) is 15.8. The van der Waals surface area contributed by atoms with Crippen LogP contribution >= 0.6 is 22.9 Å². The molecule has 160 valence electrons. The number of benzene rings is 2. The van der Waals surface area contributed by atoms with Crippen LogP contribution in [0.3, 0.4) is 0 Å². The van der Waals surface area contributed by atoms with E-state index in [1.807, 2.05) is 12.1 Å². The van der Waals surface area contributed by atoms with E-state index in [9.17, 15) is 9.59 Å². The summed E-state index contributed by atoms with van der Waals surface area (Å²) in [4.78, 5) is 26.9. The van der Waals surface area contributed by atoms with Gasteiger partial charge in [-0.1, -0.05) is 22.9 Å². The van der Waals surface area contributed by atoms with Gasteiger partial charge in [0.2, 0.25) is 11.0 Å². The molecule has 1 aliphatic heterocycles. The number of methoxy groups -OCH3 is 2. The SMILES string of the molecule is COc1ccc(C(=O)Nc2nnc(C3CC(=O)N(c4ccc(Cl)cc4)C3)s2)c(OC)c1. The molecular weight excluding hydrogens is 440 g/mol. The van der Waals surface area contributed by atoms with Crippen LogP contribution in [0.25, 0.3) is 0 Å². The lowest BCUT2D eigenvalue weighted by Gasteiger charge is -2.16. The molecule has 2 amide bonds. The van der Waals surface area contributed by atoms with Gasteiger partial charge in [-0.15, -0.1) is 10.2 Å². The molecule has 0 spiro atoms. The number of nitrogens with zero attached hydrogens (tertiary/aromatic N) is 3. The first-order chi connectivity index (χ1) is 15.0. The maximum absolute atomic E-state index is 12.7. The Morgan fingerprint density at radius 2 is 1.94 bits per heavy atom. The summed E-state index contributed by atoms with van der Waals surface area (Å²) in [5.74, 6) is 0.523. The minimum atomic E-state index is -0.368. The molecule has 31 heavy (non-hydrogen) atoms. The number of carbonyl (C=O) groups is 2. The molecule has 0 saturated carbocycles. The zero-order chi connectivity index (χ0) is 22.0. The Morgan fingerprint density at radius 1 is 1.16 bits per heavy atom. The first-order valence-corrected chi connectivity index (χ1v) is 10.6. The number of amides is 2. The minimum absolute atomic E-state index is 0.0103. The second kappa shape index (κ2) is 8.91. The highest BCUT2D eigenvalue weighted by atomic mass is 35.5. The lowest BCUT2D eigenvalue weighted by molar-refractivity contribution is -0.117. The van der Waals surface area contributed by atoms with Crippen LogP contribution in [-0.2, 0) is 4.79 Å². The van der Waals surface area contributed by atoms with Gasteiger partial charge >= 0.3 is 0 Å². The Labute approximate surface area is 187 Å². The predicted octanol–water partition coefficient (Wildman–Crippen LogP) is 3.98. The Morgan fingerprint density at radius 3 is 2.65 bits per heavy atom. The molecule has 8 nitrogen and oxygen atoms in total. The molecule has 0 radical (unpaired) electrons. The van der Waals surface area contributed by atoms with E-state index in [0.29, 0.717) is 45.2 Å². The van der Waals surface area contributed by atoms with Crippen molar-refractivity contribution < 1.29 is 19.1 Å². The quantitative estimate of drug-likeness (QED) is 0.600. The number of ether oxygens (including phenoxy) is 2. The van der Waals surface area contributed by atoms with Gasteiger partial charge in [0.25, 0.3) is 5.91 Å². The third-order valence-corrected chi connectivity index (χ3v) is 6.18. The van der Waals surface area contributed by atoms with Crippen LogP contribution in [0.4, 0.5) is 10.8 Å². The standard InChI is InChI=1S/C21H19ClN4O4S/c1-29-15-7-8-16(17(10-15)30-2)19(28)23-21-25-24-20(31-21)12-9-18(27)26(11-12)14-5-3-13(22)4-6-14/h3-8,10,12H,9,11H2,1-2H3,(H,23,25,28). The topological polar surface area (TPSA) is 93.7 Å². The zero-order valence-electron chi connectivity index (χ0n) is 16.8. The van der Waals surface area contributed by atoms with Crippen LogP contribution in [0.5, 0.6) is 11.5 Å². The summed E-state index contributed by atoms with van der Waals surface area (Å²) in [6.45, 7) is 0.495. The second-order valence-corrected chi connectivity index (χ2v) is 8.29. The van der Waals surface area contributed by atoms with Gasteiger partial charge in [-0.25, -0.2) is 0 Å². The fraction of sp³-hybridized carbons (Fsp3) is 0.238. The average Bonchev–Trinajstić information content (AvgIpc) is 3.40. The van der Waals surface area contributed by atoms with Crippen molar-refractivity contribution in [3.05, 3.63) is 58.1 Å². The van der Waals surface area contributed by atoms with E-state index in [1.54, 1.807) is 42.3 Å². The van der Waals surface area contributed by atoms with Gasteiger partial charge in [0.15, 0.2) is 0 Å². The molecule has 0 bridgehead atoms. The van der Waals surface area contributed by atoms with Crippen LogP contribution in [-0.4, -0.2) is 42.8 Å². The van der Waals surface area contributed by atoms with Crippen molar-refractivity contribution in [1.29, 1.82) is 0 Å². The van der Waals surface area contributed by atoms with E-state index in [2.05, 4.69) is 15.5 Å². The van der Waals surface area contributed by atoms with E-state index in [4.69, 9.17) is 21.1 Å². The second-order valence-electron chi connectivity index (χ2n) is 6.85. The summed E-state index contributed by atoms with van der Waals surface area (Å²) in [5.41, 5.74) is 1.14. The number of carbonyl (C=O) groups excluding carboxylic acids is 2. The molecule has 1 unspecified atom stereocenters. The van der Waals surface area contributed by atoms with Gasteiger partial charge in [0.05, 0.1) is 19.8 Å². The van der Waals surface area contributed by atoms with Crippen molar-refractivity contribution in [2.75, 3.05) is 31.0 Å². The molecule has 1 aromatic heterocycles. The largest absolute Gasteiger partial charge is 0.497 e. The molecule has 4 rings (SSSR count). The maximum Gasteiger partial charge on any atom is 0.261 e. The fourth-order valence-corrected chi connectivity index (χ4v) is 4.30. The van der Waals surface area contributed by atoms with Crippen LogP contribution in [0, 0.1) is 0 Å². The molecule has 1 saturated heterocycles. The molecule has 1 atom stereocenters. The monoisotopic (exact) mass is 458 g/mol. The number of hydrogen-bond acceptors (Lipinski definition) is 7. The molecule has 3 aromatic rings. The summed E-state index contributed by atoms with van der Waals surface area (Å²) in [6.07, 6.45) is 0.331. The fourth-order valence-electron chi connectivity index (χ4n) is 3.34. The zero-order valence-corrected chi connectivity index (χ0v) is 18.4. The Bertz CT molecular complexity index is 1120. The van der Waals surface area contributed by atoms with Gasteiger partial charge < -0.3 is 14.4 Å². The number of rotatable bonds is 6. The molecule has 2 aromatic carbocycles. The first-order valence-electron chi connectivity index (χ1n) is 9.41. The van der Waals surface area contributed by atoms with E-state index in [-0.39, 0.29) is 17.7 Å². The number of nitrogens with one attached hydrogen (secondary N) is 1. The number of anilines is 2. The number of aromatic nitrogens is 2. The molecule has 1 aliphatic rings. The highest BCUT2D eigenvalue weighted by Crippen LogP contribution is 2.35. The maximum atomic E-state index is 12.7. The Kier molecular flexibility index (Phi) is 6.06. The lowest BCUT2D eigenvalue weighted by atomic mass is 10.1. The summed E-state index contributed by atoms with van der Waals surface area (Å²) >= 11 is 7.19. The third kappa shape index (κ3) is 4.47. The smallest absolute Gasteiger partial charge is 0.261 e. The van der Waals surface area contributed by atoms with Crippen molar-refractivity contribution in [2.24, 2.45) is 0 Å². The summed E-state index contributed by atoms with van der Waals surface area (Å²) in [6, 6.07) is 12.1. The Balaban J connectivity index is 1.46. The summed E-state index contributed by atoms with van der Waals surface area (Å²) in [7, 11) is 3.03. The molecule has 2 heterocycles. The highest BCUT2D eigenvalue weighted by molar-refractivity contribution is 7.15. The average molecular weight is 459 g/mol. The van der Waals surface area contributed by atoms with Crippen molar-refractivity contribution in [3.63, 3.8) is 0 Å². The molecular formula is C21H19ClN4O4S. The third-order valence-electron chi connectivity index (χ3n) is 4.93. The number of hydrogen-bond donors (Lipinski definition) is 1. The molecule has 0 aliphatic carbocycles. The van der Waals surface area contributed by atoms with Crippen molar-refractivity contribution in [3.8, 4) is 11.5 Å². The van der Waals surface area contributed by atoms with Gasteiger partial charge in [-0.2, -0.15) is 0 Å². The van der Waals surface area contributed by atoms with Gasteiger partial charge in [0, 0.05) is 35.7 Å². The number of halogens is 1. The predicted molar refractivity (Wildman–Crippen MR) is 119 cm³/mol. The minimum Gasteiger partial charge on any atom is -0.497 e. The van der Waals surface area contributed by atoms with E-state index in [1.165, 1.54) is 18.4 Å². The molecule has 10 heteroatoms. The van der Waals surface area contributed by atoms with Crippen molar-refractivity contribution >= 4 is 45.6 Å². The summed E-state index contributed by atoms with van der Waals surface area (Å²) in [5, 5.41) is 12.7. The van der Waals surface area contributed by atoms with Gasteiger partial charge in [0.1, 0.15) is 16.5 Å². The lowest BCUT2D eigenvalue weighted by Crippen LogP contribution is -2.24. The molecule has 1 fully saturated rings. The van der Waals surface area contributed by atoms with Crippen molar-refractivity contribution in [2.45, 2.75) is 12.3 Å². The summed E-state index contributed by atoms with van der Waals surface area (Å²) < 4.78 is 10.4. The highest BCUT2D eigenvalue weighted by Gasteiger charge is 2.34. The Hall–Kier alpha value is -3.17.